The van der Waals surface area contributed by atoms with Gasteiger partial charge in [-0.15, -0.1) is 0 Å². The van der Waals surface area contributed by atoms with Crippen molar-refractivity contribution < 1.29 is 0 Å². The maximum absolute atomic E-state index is 9.57. The van der Waals surface area contributed by atoms with E-state index in [0.29, 0.717) is 0 Å². The van der Waals surface area contributed by atoms with Crippen LogP contribution >= 0.6 is 0 Å². The molecule has 2 unspecified atom stereocenters. The second-order valence-corrected chi connectivity index (χ2v) is 5.43. The summed E-state index contributed by atoms with van der Waals surface area (Å²) in [6.07, 6.45) is 6.86. The molecule has 1 saturated carbocycles. The van der Waals surface area contributed by atoms with Crippen LogP contribution in [0.15, 0.2) is 30.3 Å². The van der Waals surface area contributed by atoms with E-state index < -0.39 is 0 Å². The number of nitriles is 1. The number of rotatable bonds is 3. The molecule has 1 aliphatic carbocycles. The third-order valence-corrected chi connectivity index (χ3v) is 4.15. The molecule has 1 aliphatic rings. The van der Waals surface area contributed by atoms with Gasteiger partial charge in [0.2, 0.25) is 0 Å². The van der Waals surface area contributed by atoms with Crippen molar-refractivity contribution in [2.75, 3.05) is 0 Å². The fraction of sp³-hybridized carbons (Fsp3) is 0.562. The van der Waals surface area contributed by atoms with Crippen LogP contribution in [0.3, 0.4) is 0 Å². The number of benzene rings is 1. The molecule has 17 heavy (non-hydrogen) atoms. The minimum atomic E-state index is -0.0969. The van der Waals surface area contributed by atoms with Gasteiger partial charge in [0, 0.05) is 0 Å². The molecule has 0 saturated heterocycles. The smallest absolute Gasteiger partial charge is 0.0693 e. The topological polar surface area (TPSA) is 23.8 Å². The Morgan fingerprint density at radius 3 is 2.76 bits per heavy atom. The quantitative estimate of drug-likeness (QED) is 0.753. The van der Waals surface area contributed by atoms with Crippen LogP contribution in [0.25, 0.3) is 0 Å². The van der Waals surface area contributed by atoms with Gasteiger partial charge in [-0.25, -0.2) is 0 Å². The normalized spacial score (nSPS) is 28.6. The van der Waals surface area contributed by atoms with Crippen LogP contribution in [0.1, 0.15) is 44.6 Å². The standard InChI is InChI=1S/C16H21N/c1-2-14-9-6-10-16(11-14,13-17)12-15-7-4-3-5-8-15/h3-5,7-8,14H,2,6,9-12H2,1H3. The van der Waals surface area contributed by atoms with E-state index in [4.69, 9.17) is 0 Å². The van der Waals surface area contributed by atoms with Crippen molar-refractivity contribution in [1.29, 1.82) is 5.26 Å². The second-order valence-electron chi connectivity index (χ2n) is 5.43. The molecule has 0 spiro atoms. The minimum absolute atomic E-state index is 0.0969. The average molecular weight is 227 g/mol. The molecule has 0 N–H and O–H groups in total. The first-order chi connectivity index (χ1) is 8.28. The van der Waals surface area contributed by atoms with Gasteiger partial charge < -0.3 is 0 Å². The van der Waals surface area contributed by atoms with Crippen molar-refractivity contribution in [2.24, 2.45) is 11.3 Å². The molecule has 1 aromatic carbocycles. The van der Waals surface area contributed by atoms with Crippen molar-refractivity contribution in [3.63, 3.8) is 0 Å². The summed E-state index contributed by atoms with van der Waals surface area (Å²) in [5.41, 5.74) is 1.21. The lowest BCUT2D eigenvalue weighted by Gasteiger charge is -2.35. The predicted molar refractivity (Wildman–Crippen MR) is 70.4 cm³/mol. The molecule has 90 valence electrons. The zero-order valence-electron chi connectivity index (χ0n) is 10.7. The molecule has 0 heterocycles. The number of hydrogen-bond acceptors (Lipinski definition) is 1. The van der Waals surface area contributed by atoms with Gasteiger partial charge in [-0.05, 0) is 30.7 Å². The Balaban J connectivity index is 2.12. The molecule has 1 heteroatoms. The van der Waals surface area contributed by atoms with E-state index in [0.717, 1.165) is 25.2 Å². The van der Waals surface area contributed by atoms with E-state index in [1.54, 1.807) is 0 Å². The van der Waals surface area contributed by atoms with Crippen LogP contribution in [0.4, 0.5) is 0 Å². The lowest BCUT2D eigenvalue weighted by atomic mass is 9.67. The highest BCUT2D eigenvalue weighted by molar-refractivity contribution is 5.20. The highest BCUT2D eigenvalue weighted by atomic mass is 14.4. The molecule has 0 bridgehead atoms. The van der Waals surface area contributed by atoms with Gasteiger partial charge in [-0.2, -0.15) is 5.26 Å². The molecule has 1 aromatic rings. The lowest BCUT2D eigenvalue weighted by molar-refractivity contribution is 0.194. The Kier molecular flexibility index (Phi) is 3.84. The summed E-state index contributed by atoms with van der Waals surface area (Å²) in [6.45, 7) is 2.25. The summed E-state index contributed by atoms with van der Waals surface area (Å²) in [4.78, 5) is 0. The van der Waals surface area contributed by atoms with E-state index >= 15 is 0 Å². The van der Waals surface area contributed by atoms with Gasteiger partial charge in [0.25, 0.3) is 0 Å². The molecule has 1 nitrogen and oxygen atoms in total. The summed E-state index contributed by atoms with van der Waals surface area (Å²) < 4.78 is 0. The molecule has 0 aliphatic heterocycles. The van der Waals surface area contributed by atoms with Crippen molar-refractivity contribution in [3.05, 3.63) is 35.9 Å². The second kappa shape index (κ2) is 5.36. The Bertz CT molecular complexity index is 390. The van der Waals surface area contributed by atoms with Crippen LogP contribution in [0.5, 0.6) is 0 Å². The van der Waals surface area contributed by atoms with Gasteiger partial charge >= 0.3 is 0 Å². The highest BCUT2D eigenvalue weighted by Crippen LogP contribution is 2.42. The summed E-state index contributed by atoms with van der Waals surface area (Å²) in [5, 5.41) is 9.57. The zero-order chi connectivity index (χ0) is 12.1. The van der Waals surface area contributed by atoms with Crippen molar-refractivity contribution in [1.82, 2.24) is 0 Å². The third-order valence-electron chi connectivity index (χ3n) is 4.15. The molecule has 0 aromatic heterocycles. The van der Waals surface area contributed by atoms with E-state index in [-0.39, 0.29) is 5.41 Å². The Labute approximate surface area is 104 Å². The molecule has 2 rings (SSSR count). The third kappa shape index (κ3) is 2.88. The highest BCUT2D eigenvalue weighted by Gasteiger charge is 2.35. The van der Waals surface area contributed by atoms with Gasteiger partial charge in [-0.3, -0.25) is 0 Å². The lowest BCUT2D eigenvalue weighted by Crippen LogP contribution is -2.29. The van der Waals surface area contributed by atoms with Gasteiger partial charge in [0.15, 0.2) is 0 Å². The maximum Gasteiger partial charge on any atom is 0.0693 e. The van der Waals surface area contributed by atoms with Crippen molar-refractivity contribution >= 4 is 0 Å². The van der Waals surface area contributed by atoms with Crippen LogP contribution in [0.2, 0.25) is 0 Å². The van der Waals surface area contributed by atoms with Crippen LogP contribution in [-0.2, 0) is 6.42 Å². The van der Waals surface area contributed by atoms with Crippen molar-refractivity contribution in [3.8, 4) is 6.07 Å². The Morgan fingerprint density at radius 2 is 2.12 bits per heavy atom. The first kappa shape index (κ1) is 12.2. The van der Waals surface area contributed by atoms with Gasteiger partial charge in [0.05, 0.1) is 11.5 Å². The van der Waals surface area contributed by atoms with E-state index in [1.165, 1.54) is 24.8 Å². The van der Waals surface area contributed by atoms with E-state index in [9.17, 15) is 5.26 Å². The molecule has 1 fully saturated rings. The summed E-state index contributed by atoms with van der Waals surface area (Å²) in [5.74, 6) is 0.757. The largest absolute Gasteiger partial charge is 0.198 e. The van der Waals surface area contributed by atoms with E-state index in [2.05, 4.69) is 37.3 Å². The van der Waals surface area contributed by atoms with Crippen molar-refractivity contribution in [2.45, 2.75) is 45.4 Å². The summed E-state index contributed by atoms with van der Waals surface area (Å²) in [7, 11) is 0. The number of nitrogens with zero attached hydrogens (tertiary/aromatic N) is 1. The Hall–Kier alpha value is -1.29. The predicted octanol–water partition coefficient (Wildman–Crippen LogP) is 4.34. The molecular weight excluding hydrogens is 206 g/mol. The van der Waals surface area contributed by atoms with Crippen LogP contribution in [0, 0.1) is 22.7 Å². The monoisotopic (exact) mass is 227 g/mol. The van der Waals surface area contributed by atoms with Gasteiger partial charge in [-0.1, -0.05) is 56.5 Å². The molecular formula is C16H21N. The first-order valence-corrected chi connectivity index (χ1v) is 6.73. The SMILES string of the molecule is CCC1CCCC(C#N)(Cc2ccccc2)C1. The fourth-order valence-electron chi connectivity index (χ4n) is 3.12. The fourth-order valence-corrected chi connectivity index (χ4v) is 3.12. The van der Waals surface area contributed by atoms with E-state index in [1.807, 2.05) is 6.07 Å². The maximum atomic E-state index is 9.57. The first-order valence-electron chi connectivity index (χ1n) is 6.73. The molecule has 2 atom stereocenters. The summed E-state index contributed by atoms with van der Waals surface area (Å²) in [6, 6.07) is 13.1. The number of hydrogen-bond donors (Lipinski definition) is 0. The average Bonchev–Trinajstić information content (AvgIpc) is 2.40. The van der Waals surface area contributed by atoms with Crippen LogP contribution in [-0.4, -0.2) is 0 Å². The zero-order valence-corrected chi connectivity index (χ0v) is 10.7. The Morgan fingerprint density at radius 1 is 1.35 bits per heavy atom. The molecule has 0 radical (unpaired) electrons. The van der Waals surface area contributed by atoms with Gasteiger partial charge in [0.1, 0.15) is 0 Å². The summed E-state index contributed by atoms with van der Waals surface area (Å²) >= 11 is 0. The van der Waals surface area contributed by atoms with Crippen LogP contribution < -0.4 is 0 Å². The molecule has 0 amide bonds. The minimum Gasteiger partial charge on any atom is -0.198 e.